The SMILES string of the molecule is CC(C)=CCCC(C)N(Cc1ccco1)S(=O)(=O)c1ccc(C)cc1. The summed E-state index contributed by atoms with van der Waals surface area (Å²) in [5, 5.41) is 0. The lowest BCUT2D eigenvalue weighted by molar-refractivity contribution is 0.293. The molecule has 0 aliphatic heterocycles. The molecule has 4 nitrogen and oxygen atoms in total. The monoisotopic (exact) mass is 361 g/mol. The van der Waals surface area contributed by atoms with Crippen LogP contribution in [0, 0.1) is 6.92 Å². The van der Waals surface area contributed by atoms with Gasteiger partial charge in [-0.1, -0.05) is 29.3 Å². The molecule has 1 aromatic heterocycles. The van der Waals surface area contributed by atoms with E-state index in [-0.39, 0.29) is 12.6 Å². The van der Waals surface area contributed by atoms with Crippen molar-refractivity contribution in [3.63, 3.8) is 0 Å². The molecule has 5 heteroatoms. The normalized spacial score (nSPS) is 13.0. The van der Waals surface area contributed by atoms with Gasteiger partial charge in [0.15, 0.2) is 0 Å². The molecule has 1 atom stereocenters. The van der Waals surface area contributed by atoms with Gasteiger partial charge in [0.2, 0.25) is 10.0 Å². The number of benzene rings is 1. The minimum Gasteiger partial charge on any atom is -0.468 e. The average molecular weight is 362 g/mol. The highest BCUT2D eigenvalue weighted by Gasteiger charge is 2.29. The van der Waals surface area contributed by atoms with E-state index in [9.17, 15) is 8.42 Å². The first-order chi connectivity index (χ1) is 11.8. The van der Waals surface area contributed by atoms with Crippen molar-refractivity contribution in [2.75, 3.05) is 0 Å². The van der Waals surface area contributed by atoms with Gasteiger partial charge < -0.3 is 4.42 Å². The Morgan fingerprint density at radius 2 is 1.88 bits per heavy atom. The number of hydrogen-bond donors (Lipinski definition) is 0. The lowest BCUT2D eigenvalue weighted by Gasteiger charge is -2.27. The smallest absolute Gasteiger partial charge is 0.243 e. The molecule has 0 aliphatic carbocycles. The Labute approximate surface area is 151 Å². The third-order valence-corrected chi connectivity index (χ3v) is 6.12. The van der Waals surface area contributed by atoms with E-state index < -0.39 is 10.0 Å². The molecular weight excluding hydrogens is 334 g/mol. The highest BCUT2D eigenvalue weighted by atomic mass is 32.2. The Balaban J connectivity index is 2.29. The molecule has 2 rings (SSSR count). The summed E-state index contributed by atoms with van der Waals surface area (Å²) < 4.78 is 33.3. The van der Waals surface area contributed by atoms with Crippen molar-refractivity contribution < 1.29 is 12.8 Å². The summed E-state index contributed by atoms with van der Waals surface area (Å²) in [4.78, 5) is 0.318. The van der Waals surface area contributed by atoms with Crippen LogP contribution in [-0.2, 0) is 16.6 Å². The number of nitrogens with zero attached hydrogens (tertiary/aromatic N) is 1. The molecule has 0 bridgehead atoms. The molecule has 2 aromatic rings. The van der Waals surface area contributed by atoms with Crippen LogP contribution < -0.4 is 0 Å². The molecular formula is C20H27NO3S. The average Bonchev–Trinajstić information content (AvgIpc) is 3.05. The van der Waals surface area contributed by atoms with E-state index in [2.05, 4.69) is 6.08 Å². The molecule has 0 aliphatic rings. The minimum absolute atomic E-state index is 0.132. The predicted molar refractivity (Wildman–Crippen MR) is 101 cm³/mol. The lowest BCUT2D eigenvalue weighted by Crippen LogP contribution is -2.38. The van der Waals surface area contributed by atoms with Crippen LogP contribution in [-0.4, -0.2) is 18.8 Å². The molecule has 1 aromatic carbocycles. The van der Waals surface area contributed by atoms with Crippen molar-refractivity contribution in [1.29, 1.82) is 0 Å². The summed E-state index contributed by atoms with van der Waals surface area (Å²) >= 11 is 0. The van der Waals surface area contributed by atoms with Gasteiger partial charge in [-0.2, -0.15) is 4.31 Å². The third-order valence-electron chi connectivity index (χ3n) is 4.15. The van der Waals surface area contributed by atoms with Crippen molar-refractivity contribution in [1.82, 2.24) is 4.31 Å². The van der Waals surface area contributed by atoms with Crippen LogP contribution in [0.15, 0.2) is 63.6 Å². The molecule has 0 saturated heterocycles. The van der Waals surface area contributed by atoms with Gasteiger partial charge in [0, 0.05) is 6.04 Å². The largest absolute Gasteiger partial charge is 0.468 e. The molecule has 0 spiro atoms. The zero-order chi connectivity index (χ0) is 18.4. The van der Waals surface area contributed by atoms with Crippen LogP contribution in [0.5, 0.6) is 0 Å². The number of sulfonamides is 1. The molecule has 0 saturated carbocycles. The highest BCUT2D eigenvalue weighted by Crippen LogP contribution is 2.24. The van der Waals surface area contributed by atoms with Gasteiger partial charge in [-0.3, -0.25) is 0 Å². The van der Waals surface area contributed by atoms with Gasteiger partial charge in [0.1, 0.15) is 5.76 Å². The summed E-state index contributed by atoms with van der Waals surface area (Å²) in [6.07, 6.45) is 5.32. The Morgan fingerprint density at radius 1 is 1.20 bits per heavy atom. The van der Waals surface area contributed by atoms with Crippen LogP contribution in [0.4, 0.5) is 0 Å². The second-order valence-corrected chi connectivity index (χ2v) is 8.54. The quantitative estimate of drug-likeness (QED) is 0.628. The molecule has 25 heavy (non-hydrogen) atoms. The van der Waals surface area contributed by atoms with Crippen LogP contribution in [0.25, 0.3) is 0 Å². The number of rotatable bonds is 8. The molecule has 0 amide bonds. The van der Waals surface area contributed by atoms with Crippen molar-refractivity contribution in [2.24, 2.45) is 0 Å². The fourth-order valence-corrected chi connectivity index (χ4v) is 4.26. The zero-order valence-electron chi connectivity index (χ0n) is 15.4. The standard InChI is InChI=1S/C20H27NO3S/c1-16(2)7-5-8-18(4)21(15-19-9-6-14-24-19)25(22,23)20-12-10-17(3)11-13-20/h6-7,9-14,18H,5,8,15H2,1-4H3. The molecule has 0 fully saturated rings. The minimum atomic E-state index is -3.59. The zero-order valence-corrected chi connectivity index (χ0v) is 16.2. The number of aryl methyl sites for hydroxylation is 1. The van der Waals surface area contributed by atoms with E-state index in [1.54, 1.807) is 30.5 Å². The molecule has 1 unspecified atom stereocenters. The first kappa shape index (κ1) is 19.5. The Morgan fingerprint density at radius 3 is 2.44 bits per heavy atom. The first-order valence-electron chi connectivity index (χ1n) is 8.55. The van der Waals surface area contributed by atoms with E-state index in [1.807, 2.05) is 39.8 Å². The maximum atomic E-state index is 13.2. The lowest BCUT2D eigenvalue weighted by atomic mass is 10.1. The fraction of sp³-hybridized carbons (Fsp3) is 0.400. The van der Waals surface area contributed by atoms with Crippen molar-refractivity contribution in [3.05, 3.63) is 65.6 Å². The topological polar surface area (TPSA) is 50.5 Å². The number of hydrogen-bond acceptors (Lipinski definition) is 3. The maximum absolute atomic E-state index is 13.2. The predicted octanol–water partition coefficient (Wildman–Crippen LogP) is 4.91. The number of furan rings is 1. The van der Waals surface area contributed by atoms with Crippen LogP contribution in [0.1, 0.15) is 44.9 Å². The Hall–Kier alpha value is -1.85. The van der Waals surface area contributed by atoms with Crippen LogP contribution in [0.2, 0.25) is 0 Å². The van der Waals surface area contributed by atoms with E-state index >= 15 is 0 Å². The van der Waals surface area contributed by atoms with E-state index in [1.165, 1.54) is 9.88 Å². The van der Waals surface area contributed by atoms with Crippen LogP contribution in [0.3, 0.4) is 0 Å². The van der Waals surface area contributed by atoms with Crippen LogP contribution >= 0.6 is 0 Å². The summed E-state index contributed by atoms with van der Waals surface area (Å²) in [6.45, 7) is 8.23. The van der Waals surface area contributed by atoms with Gasteiger partial charge in [-0.05, 0) is 64.8 Å². The van der Waals surface area contributed by atoms with Gasteiger partial charge in [0.05, 0.1) is 17.7 Å². The number of allylic oxidation sites excluding steroid dienone is 2. The van der Waals surface area contributed by atoms with E-state index in [4.69, 9.17) is 4.42 Å². The molecule has 0 N–H and O–H groups in total. The van der Waals surface area contributed by atoms with Gasteiger partial charge in [-0.15, -0.1) is 0 Å². The van der Waals surface area contributed by atoms with Gasteiger partial charge >= 0.3 is 0 Å². The van der Waals surface area contributed by atoms with Gasteiger partial charge in [0.25, 0.3) is 0 Å². The Bertz CT molecular complexity index is 786. The van der Waals surface area contributed by atoms with Crippen molar-refractivity contribution in [3.8, 4) is 0 Å². The second-order valence-electron chi connectivity index (χ2n) is 6.65. The molecule has 1 heterocycles. The summed E-state index contributed by atoms with van der Waals surface area (Å²) in [6, 6.07) is 10.4. The third kappa shape index (κ3) is 5.31. The maximum Gasteiger partial charge on any atom is 0.243 e. The molecule has 136 valence electrons. The Kier molecular flexibility index (Phi) is 6.62. The van der Waals surface area contributed by atoms with E-state index in [0.29, 0.717) is 10.7 Å². The van der Waals surface area contributed by atoms with Gasteiger partial charge in [-0.25, -0.2) is 8.42 Å². The fourth-order valence-electron chi connectivity index (χ4n) is 2.64. The summed E-state index contributed by atoms with van der Waals surface area (Å²) in [5.74, 6) is 0.643. The first-order valence-corrected chi connectivity index (χ1v) is 9.99. The summed E-state index contributed by atoms with van der Waals surface area (Å²) in [5.41, 5.74) is 2.28. The van der Waals surface area contributed by atoms with Crippen molar-refractivity contribution >= 4 is 10.0 Å². The van der Waals surface area contributed by atoms with E-state index in [0.717, 1.165) is 18.4 Å². The summed E-state index contributed by atoms with van der Waals surface area (Å²) in [7, 11) is -3.59. The second kappa shape index (κ2) is 8.50. The molecule has 0 radical (unpaired) electrons. The van der Waals surface area contributed by atoms with Crippen molar-refractivity contribution in [2.45, 2.75) is 58.0 Å². The highest BCUT2D eigenvalue weighted by molar-refractivity contribution is 7.89.